The van der Waals surface area contributed by atoms with Crippen molar-refractivity contribution in [2.45, 2.75) is 25.4 Å². The smallest absolute Gasteiger partial charge is 0.244 e. The molecule has 112 valence electrons. The van der Waals surface area contributed by atoms with E-state index >= 15 is 0 Å². The van der Waals surface area contributed by atoms with Crippen LogP contribution in [0.3, 0.4) is 0 Å². The standard InChI is InChI=1S/C16H11F3N2S/c17-16(18,19)13-6-2-1-4-10(13)9-21-15-12(8-20)11-5-3-7-14(11)22-15/h1-2,4,6,9H,3,5,7H2/b21-9+. The summed E-state index contributed by atoms with van der Waals surface area (Å²) in [6, 6.07) is 7.42. The van der Waals surface area contributed by atoms with Gasteiger partial charge in [0.15, 0.2) is 0 Å². The molecule has 2 aromatic rings. The number of hydrogen-bond donors (Lipinski definition) is 0. The third kappa shape index (κ3) is 2.64. The molecule has 0 amide bonds. The lowest BCUT2D eigenvalue weighted by molar-refractivity contribution is -0.137. The molecule has 1 aromatic heterocycles. The maximum absolute atomic E-state index is 12.9. The minimum absolute atomic E-state index is 0.00690. The summed E-state index contributed by atoms with van der Waals surface area (Å²) >= 11 is 1.40. The van der Waals surface area contributed by atoms with Gasteiger partial charge in [0.25, 0.3) is 0 Å². The van der Waals surface area contributed by atoms with Crippen LogP contribution in [0.2, 0.25) is 0 Å². The molecule has 1 heterocycles. The molecule has 1 aliphatic carbocycles. The highest BCUT2D eigenvalue weighted by atomic mass is 32.1. The second-order valence-electron chi connectivity index (χ2n) is 4.99. The molecule has 0 fully saturated rings. The molecule has 0 saturated carbocycles. The predicted molar refractivity (Wildman–Crippen MR) is 79.8 cm³/mol. The van der Waals surface area contributed by atoms with E-state index < -0.39 is 11.7 Å². The molecule has 6 heteroatoms. The summed E-state index contributed by atoms with van der Waals surface area (Å²) in [4.78, 5) is 5.29. The number of rotatable bonds is 2. The van der Waals surface area contributed by atoms with Crippen molar-refractivity contribution in [2.75, 3.05) is 0 Å². The first-order chi connectivity index (χ1) is 10.5. The van der Waals surface area contributed by atoms with Gasteiger partial charge in [0, 0.05) is 16.7 Å². The Kier molecular flexibility index (Phi) is 3.75. The highest BCUT2D eigenvalue weighted by Crippen LogP contribution is 2.40. The highest BCUT2D eigenvalue weighted by Gasteiger charge is 2.32. The zero-order chi connectivity index (χ0) is 15.7. The zero-order valence-electron chi connectivity index (χ0n) is 11.4. The summed E-state index contributed by atoms with van der Waals surface area (Å²) in [5, 5.41) is 9.76. The molecule has 0 N–H and O–H groups in total. The van der Waals surface area contributed by atoms with Gasteiger partial charge in [-0.1, -0.05) is 18.2 Å². The van der Waals surface area contributed by atoms with Crippen LogP contribution in [0.5, 0.6) is 0 Å². The molecule has 0 atom stereocenters. The summed E-state index contributed by atoms with van der Waals surface area (Å²) in [6.45, 7) is 0. The van der Waals surface area contributed by atoms with Crippen LogP contribution in [0.4, 0.5) is 18.2 Å². The molecular weight excluding hydrogens is 309 g/mol. The van der Waals surface area contributed by atoms with Crippen molar-refractivity contribution in [1.29, 1.82) is 5.26 Å². The minimum atomic E-state index is -4.42. The first-order valence-corrected chi connectivity index (χ1v) is 7.57. The van der Waals surface area contributed by atoms with Crippen LogP contribution in [-0.4, -0.2) is 6.21 Å². The molecule has 3 rings (SSSR count). The van der Waals surface area contributed by atoms with Crippen LogP contribution in [0.25, 0.3) is 0 Å². The number of nitrogens with zero attached hydrogens (tertiary/aromatic N) is 2. The number of aliphatic imine (C=N–C) groups is 1. The Morgan fingerprint density at radius 2 is 2.00 bits per heavy atom. The Bertz CT molecular complexity index is 782. The van der Waals surface area contributed by atoms with Crippen molar-refractivity contribution in [3.63, 3.8) is 0 Å². The normalized spacial score (nSPS) is 14.3. The average Bonchev–Trinajstić information content (AvgIpc) is 3.04. The lowest BCUT2D eigenvalue weighted by Crippen LogP contribution is -2.08. The third-order valence-corrected chi connectivity index (χ3v) is 4.80. The van der Waals surface area contributed by atoms with Gasteiger partial charge < -0.3 is 0 Å². The lowest BCUT2D eigenvalue weighted by Gasteiger charge is -2.09. The van der Waals surface area contributed by atoms with Crippen LogP contribution in [0.15, 0.2) is 29.3 Å². The molecule has 0 saturated heterocycles. The molecular formula is C16H11F3N2S. The second kappa shape index (κ2) is 5.58. The molecule has 0 radical (unpaired) electrons. The molecule has 1 aliphatic rings. The van der Waals surface area contributed by atoms with Gasteiger partial charge >= 0.3 is 6.18 Å². The maximum atomic E-state index is 12.9. The van der Waals surface area contributed by atoms with Crippen LogP contribution < -0.4 is 0 Å². The number of hydrogen-bond acceptors (Lipinski definition) is 3. The topological polar surface area (TPSA) is 36.1 Å². The van der Waals surface area contributed by atoms with Crippen LogP contribution in [0, 0.1) is 11.3 Å². The lowest BCUT2D eigenvalue weighted by atomic mass is 10.1. The number of benzene rings is 1. The number of nitriles is 1. The fourth-order valence-electron chi connectivity index (χ4n) is 2.59. The number of alkyl halides is 3. The molecule has 0 bridgehead atoms. The van der Waals surface area contributed by atoms with E-state index in [1.165, 1.54) is 35.8 Å². The van der Waals surface area contributed by atoms with Gasteiger partial charge in [-0.05, 0) is 30.9 Å². The second-order valence-corrected chi connectivity index (χ2v) is 6.08. The van der Waals surface area contributed by atoms with Crippen LogP contribution in [-0.2, 0) is 19.0 Å². The van der Waals surface area contributed by atoms with Gasteiger partial charge in [-0.25, -0.2) is 4.99 Å². The summed E-state index contributed by atoms with van der Waals surface area (Å²) in [5.41, 5.74) is 0.816. The number of thiophene rings is 1. The Morgan fingerprint density at radius 3 is 2.73 bits per heavy atom. The van der Waals surface area contributed by atoms with E-state index in [2.05, 4.69) is 11.1 Å². The van der Waals surface area contributed by atoms with E-state index in [9.17, 15) is 18.4 Å². The Balaban J connectivity index is 1.99. The van der Waals surface area contributed by atoms with Crippen molar-refractivity contribution in [3.05, 3.63) is 51.4 Å². The summed E-state index contributed by atoms with van der Waals surface area (Å²) in [7, 11) is 0. The SMILES string of the molecule is N#Cc1c(/N=C/c2ccccc2C(F)(F)F)sc2c1CCC2. The molecule has 0 unspecified atom stereocenters. The van der Waals surface area contributed by atoms with Crippen LogP contribution >= 0.6 is 11.3 Å². The monoisotopic (exact) mass is 320 g/mol. The zero-order valence-corrected chi connectivity index (χ0v) is 12.3. The molecule has 22 heavy (non-hydrogen) atoms. The molecule has 0 spiro atoms. The summed E-state index contributed by atoms with van der Waals surface area (Å²) < 4.78 is 38.8. The quantitative estimate of drug-likeness (QED) is 0.727. The number of aryl methyl sites for hydroxylation is 1. The Morgan fingerprint density at radius 1 is 1.23 bits per heavy atom. The van der Waals surface area contributed by atoms with Gasteiger partial charge in [-0.3, -0.25) is 0 Å². The molecule has 2 nitrogen and oxygen atoms in total. The third-order valence-electron chi connectivity index (χ3n) is 3.60. The van der Waals surface area contributed by atoms with Crippen molar-refractivity contribution in [3.8, 4) is 6.07 Å². The summed E-state index contributed by atoms with van der Waals surface area (Å²) in [6.07, 6.45) is -0.425. The van der Waals surface area contributed by atoms with E-state index in [-0.39, 0.29) is 5.56 Å². The van der Waals surface area contributed by atoms with Crippen molar-refractivity contribution in [1.82, 2.24) is 0 Å². The van der Waals surface area contributed by atoms with Crippen molar-refractivity contribution < 1.29 is 13.2 Å². The number of halogens is 3. The van der Waals surface area contributed by atoms with Gasteiger partial charge in [-0.2, -0.15) is 18.4 Å². The van der Waals surface area contributed by atoms with Crippen LogP contribution in [0.1, 0.15) is 33.6 Å². The first-order valence-electron chi connectivity index (χ1n) is 6.75. The van der Waals surface area contributed by atoms with E-state index in [4.69, 9.17) is 0 Å². The Labute approximate surface area is 129 Å². The van der Waals surface area contributed by atoms with E-state index in [0.29, 0.717) is 10.6 Å². The fourth-order valence-corrected chi connectivity index (χ4v) is 3.78. The summed E-state index contributed by atoms with van der Waals surface area (Å²) in [5.74, 6) is 0. The van der Waals surface area contributed by atoms with Gasteiger partial charge in [0.05, 0.1) is 11.1 Å². The van der Waals surface area contributed by atoms with E-state index in [1.807, 2.05) is 0 Å². The average molecular weight is 320 g/mol. The highest BCUT2D eigenvalue weighted by molar-refractivity contribution is 7.16. The Hall–Kier alpha value is -2.13. The maximum Gasteiger partial charge on any atom is 0.417 e. The van der Waals surface area contributed by atoms with E-state index in [0.717, 1.165) is 35.8 Å². The minimum Gasteiger partial charge on any atom is -0.244 e. The number of fused-ring (bicyclic) bond motifs is 1. The first kappa shape index (κ1) is 14.8. The van der Waals surface area contributed by atoms with Gasteiger partial charge in [0.1, 0.15) is 11.1 Å². The van der Waals surface area contributed by atoms with Gasteiger partial charge in [0.2, 0.25) is 0 Å². The van der Waals surface area contributed by atoms with Gasteiger partial charge in [-0.15, -0.1) is 11.3 Å². The predicted octanol–water partition coefficient (Wildman–Crippen LogP) is 4.88. The largest absolute Gasteiger partial charge is 0.417 e. The molecule has 1 aromatic carbocycles. The molecule has 0 aliphatic heterocycles. The van der Waals surface area contributed by atoms with E-state index in [1.54, 1.807) is 0 Å². The van der Waals surface area contributed by atoms with Crippen molar-refractivity contribution in [2.24, 2.45) is 4.99 Å². The fraction of sp³-hybridized carbons (Fsp3) is 0.250. The van der Waals surface area contributed by atoms with Crippen molar-refractivity contribution >= 4 is 22.6 Å².